The van der Waals surface area contributed by atoms with Gasteiger partial charge in [-0.15, -0.1) is 10.2 Å². The Bertz CT molecular complexity index is 1020. The molecule has 29 heavy (non-hydrogen) atoms. The lowest BCUT2D eigenvalue weighted by Gasteiger charge is -2.02. The zero-order valence-electron chi connectivity index (χ0n) is 15.0. The molecule has 0 bridgehead atoms. The number of nitro benzene ring substituents is 2. The first-order chi connectivity index (χ1) is 13.9. The molecule has 0 atom stereocenters. The highest BCUT2D eigenvalue weighted by atomic mass is 32.1. The van der Waals surface area contributed by atoms with Crippen LogP contribution in [0.4, 0.5) is 16.5 Å². The van der Waals surface area contributed by atoms with Crippen LogP contribution in [0.2, 0.25) is 0 Å². The van der Waals surface area contributed by atoms with Gasteiger partial charge in [-0.3, -0.25) is 30.3 Å². The summed E-state index contributed by atoms with van der Waals surface area (Å²) in [6.07, 6.45) is 2.44. The molecule has 1 aromatic heterocycles. The SMILES string of the molecule is O=C(Nc1nnc(CCCc2ccccc2)s1)c1cc([N+](=O)[O-])cc([N+](=O)[O-])c1. The minimum Gasteiger partial charge on any atom is -0.296 e. The molecule has 10 nitrogen and oxygen atoms in total. The second kappa shape index (κ2) is 8.97. The van der Waals surface area contributed by atoms with E-state index in [4.69, 9.17) is 0 Å². The van der Waals surface area contributed by atoms with Crippen LogP contribution in [0, 0.1) is 20.2 Å². The lowest BCUT2D eigenvalue weighted by molar-refractivity contribution is -0.394. The standard InChI is InChI=1S/C18H15N5O5S/c24-17(13-9-14(22(25)26)11-15(10-13)23(27)28)19-18-21-20-16(29-18)8-4-7-12-5-2-1-3-6-12/h1-3,5-6,9-11H,4,7-8H2,(H,19,21,24). The van der Waals surface area contributed by atoms with Crippen molar-refractivity contribution in [2.45, 2.75) is 19.3 Å². The van der Waals surface area contributed by atoms with Crippen LogP contribution in [0.5, 0.6) is 0 Å². The number of carbonyl (C=O) groups is 1. The third kappa shape index (κ3) is 5.39. The van der Waals surface area contributed by atoms with Crippen LogP contribution >= 0.6 is 11.3 Å². The number of aromatic nitrogens is 2. The summed E-state index contributed by atoms with van der Waals surface area (Å²) in [4.78, 5) is 32.7. The second-order valence-electron chi connectivity index (χ2n) is 6.05. The molecule has 0 aliphatic carbocycles. The lowest BCUT2D eigenvalue weighted by Crippen LogP contribution is -2.12. The van der Waals surface area contributed by atoms with Crippen LogP contribution in [-0.2, 0) is 12.8 Å². The molecule has 11 heteroatoms. The second-order valence-corrected chi connectivity index (χ2v) is 7.11. The molecule has 1 heterocycles. The molecule has 2 aromatic carbocycles. The molecule has 1 N–H and O–H groups in total. The van der Waals surface area contributed by atoms with Gasteiger partial charge >= 0.3 is 0 Å². The minimum atomic E-state index is -0.792. The predicted molar refractivity (Wildman–Crippen MR) is 106 cm³/mol. The number of rotatable bonds is 8. The average molecular weight is 413 g/mol. The molecule has 0 aliphatic rings. The fourth-order valence-electron chi connectivity index (χ4n) is 2.60. The van der Waals surface area contributed by atoms with Crippen molar-refractivity contribution in [1.82, 2.24) is 10.2 Å². The summed E-state index contributed by atoms with van der Waals surface area (Å²) in [6, 6.07) is 12.8. The highest BCUT2D eigenvalue weighted by Crippen LogP contribution is 2.24. The van der Waals surface area contributed by atoms with Gasteiger partial charge < -0.3 is 0 Å². The summed E-state index contributed by atoms with van der Waals surface area (Å²) < 4.78 is 0. The Morgan fingerprint density at radius 3 is 2.24 bits per heavy atom. The highest BCUT2D eigenvalue weighted by molar-refractivity contribution is 7.15. The van der Waals surface area contributed by atoms with Crippen molar-refractivity contribution in [1.29, 1.82) is 0 Å². The monoisotopic (exact) mass is 413 g/mol. The molecule has 3 aromatic rings. The van der Waals surface area contributed by atoms with Crippen LogP contribution < -0.4 is 5.32 Å². The van der Waals surface area contributed by atoms with E-state index < -0.39 is 27.1 Å². The normalized spacial score (nSPS) is 10.5. The summed E-state index contributed by atoms with van der Waals surface area (Å²) in [6.45, 7) is 0. The number of aryl methyl sites for hydroxylation is 2. The van der Waals surface area contributed by atoms with Gasteiger partial charge in [-0.05, 0) is 18.4 Å². The molecule has 3 rings (SSSR count). The van der Waals surface area contributed by atoms with Crippen LogP contribution in [-0.4, -0.2) is 26.0 Å². The van der Waals surface area contributed by atoms with E-state index in [1.165, 1.54) is 16.9 Å². The maximum Gasteiger partial charge on any atom is 0.277 e. The Kier molecular flexibility index (Phi) is 6.19. The zero-order valence-corrected chi connectivity index (χ0v) is 15.8. The van der Waals surface area contributed by atoms with Gasteiger partial charge in [-0.25, -0.2) is 0 Å². The molecule has 0 aliphatic heterocycles. The molecule has 1 amide bonds. The number of nitrogens with one attached hydrogen (secondary N) is 1. The highest BCUT2D eigenvalue weighted by Gasteiger charge is 2.20. The van der Waals surface area contributed by atoms with E-state index in [1.807, 2.05) is 30.3 Å². The number of hydrogen-bond donors (Lipinski definition) is 1. The van der Waals surface area contributed by atoms with E-state index in [1.54, 1.807) is 0 Å². The third-order valence-electron chi connectivity index (χ3n) is 3.97. The maximum absolute atomic E-state index is 12.4. The Balaban J connectivity index is 1.64. The zero-order chi connectivity index (χ0) is 20.8. The van der Waals surface area contributed by atoms with Gasteiger partial charge in [0.05, 0.1) is 21.5 Å². The van der Waals surface area contributed by atoms with Gasteiger partial charge in [0, 0.05) is 18.6 Å². The quantitative estimate of drug-likeness (QED) is 0.437. The molecule has 0 spiro atoms. The topological polar surface area (TPSA) is 141 Å². The fraction of sp³-hybridized carbons (Fsp3) is 0.167. The van der Waals surface area contributed by atoms with Crippen LogP contribution in [0.25, 0.3) is 0 Å². The molecular weight excluding hydrogens is 398 g/mol. The largest absolute Gasteiger partial charge is 0.296 e. The van der Waals surface area contributed by atoms with Crippen molar-refractivity contribution in [2.75, 3.05) is 5.32 Å². The molecule has 148 valence electrons. The first-order valence-electron chi connectivity index (χ1n) is 8.54. The Morgan fingerprint density at radius 2 is 1.62 bits per heavy atom. The fourth-order valence-corrected chi connectivity index (χ4v) is 3.38. The van der Waals surface area contributed by atoms with E-state index in [0.29, 0.717) is 6.42 Å². The van der Waals surface area contributed by atoms with Gasteiger partial charge in [0.2, 0.25) is 5.13 Å². The van der Waals surface area contributed by atoms with Crippen molar-refractivity contribution >= 4 is 33.8 Å². The van der Waals surface area contributed by atoms with Crippen molar-refractivity contribution in [3.8, 4) is 0 Å². The van der Waals surface area contributed by atoms with Gasteiger partial charge in [0.1, 0.15) is 5.01 Å². The minimum absolute atomic E-state index is 0.202. The number of carbonyl (C=O) groups excluding carboxylic acids is 1. The first-order valence-corrected chi connectivity index (χ1v) is 9.35. The lowest BCUT2D eigenvalue weighted by atomic mass is 10.1. The van der Waals surface area contributed by atoms with E-state index in [9.17, 15) is 25.0 Å². The van der Waals surface area contributed by atoms with Crippen molar-refractivity contribution in [3.63, 3.8) is 0 Å². The maximum atomic E-state index is 12.4. The third-order valence-corrected chi connectivity index (χ3v) is 4.87. The summed E-state index contributed by atoms with van der Waals surface area (Å²) >= 11 is 1.19. The number of nitro groups is 2. The molecule has 0 saturated heterocycles. The number of nitrogens with zero attached hydrogens (tertiary/aromatic N) is 4. The number of anilines is 1. The Hall–Kier alpha value is -3.73. The van der Waals surface area contributed by atoms with Gasteiger partial charge in [-0.2, -0.15) is 0 Å². The Labute approximate surface area is 168 Å². The van der Waals surface area contributed by atoms with E-state index in [0.717, 1.165) is 36.0 Å². The average Bonchev–Trinajstić information content (AvgIpc) is 3.15. The molecule has 0 unspecified atom stereocenters. The molecule has 0 radical (unpaired) electrons. The summed E-state index contributed by atoms with van der Waals surface area (Å²) in [7, 11) is 0. The van der Waals surface area contributed by atoms with Crippen molar-refractivity contribution in [2.24, 2.45) is 0 Å². The van der Waals surface area contributed by atoms with Gasteiger partial charge in [0.25, 0.3) is 17.3 Å². The number of hydrogen-bond acceptors (Lipinski definition) is 8. The first kappa shape index (κ1) is 20.0. The molecular formula is C18H15N5O5S. The number of non-ortho nitro benzene ring substituents is 2. The van der Waals surface area contributed by atoms with Crippen molar-refractivity contribution in [3.05, 3.63) is 84.9 Å². The van der Waals surface area contributed by atoms with E-state index in [-0.39, 0.29) is 10.7 Å². The summed E-state index contributed by atoms with van der Waals surface area (Å²) in [5.41, 5.74) is -0.0593. The molecule has 0 saturated carbocycles. The summed E-state index contributed by atoms with van der Waals surface area (Å²) in [5, 5.41) is 33.2. The Morgan fingerprint density at radius 1 is 0.966 bits per heavy atom. The molecule has 0 fully saturated rings. The van der Waals surface area contributed by atoms with Crippen LogP contribution in [0.3, 0.4) is 0 Å². The van der Waals surface area contributed by atoms with Crippen LogP contribution in [0.1, 0.15) is 27.3 Å². The van der Waals surface area contributed by atoms with Gasteiger partial charge in [0.15, 0.2) is 0 Å². The van der Waals surface area contributed by atoms with Crippen LogP contribution in [0.15, 0.2) is 48.5 Å². The van der Waals surface area contributed by atoms with E-state index >= 15 is 0 Å². The van der Waals surface area contributed by atoms with E-state index in [2.05, 4.69) is 15.5 Å². The number of benzene rings is 2. The van der Waals surface area contributed by atoms with Gasteiger partial charge in [-0.1, -0.05) is 41.7 Å². The smallest absolute Gasteiger partial charge is 0.277 e. The number of amides is 1. The van der Waals surface area contributed by atoms with Crippen molar-refractivity contribution < 1.29 is 14.6 Å². The summed E-state index contributed by atoms with van der Waals surface area (Å²) in [5.74, 6) is -0.733. The predicted octanol–water partition coefficient (Wildman–Crippen LogP) is 3.78.